The molecule has 0 fully saturated rings. The highest BCUT2D eigenvalue weighted by molar-refractivity contribution is 7.17. The van der Waals surface area contributed by atoms with E-state index >= 15 is 0 Å². The Kier molecular flexibility index (Phi) is 2.61. The smallest absolute Gasteiger partial charge is 0.194 e. The zero-order valence-electron chi connectivity index (χ0n) is 9.20. The maximum atomic E-state index is 11.1. The number of aromatic nitrogens is 2. The molecule has 0 aromatic carbocycles. The molecule has 0 N–H and O–H groups in total. The van der Waals surface area contributed by atoms with Crippen LogP contribution in [-0.4, -0.2) is 15.7 Å². The molecule has 0 saturated heterocycles. The van der Waals surface area contributed by atoms with E-state index in [1.165, 1.54) is 4.88 Å². The van der Waals surface area contributed by atoms with Gasteiger partial charge in [-0.1, -0.05) is 13.3 Å². The summed E-state index contributed by atoms with van der Waals surface area (Å²) < 4.78 is 1.97. The van der Waals surface area contributed by atoms with Crippen molar-refractivity contribution in [1.82, 2.24) is 9.38 Å². The second kappa shape index (κ2) is 3.77. The van der Waals surface area contributed by atoms with Crippen molar-refractivity contribution in [3.63, 3.8) is 0 Å². The van der Waals surface area contributed by atoms with E-state index < -0.39 is 0 Å². The predicted octanol–water partition coefficient (Wildman–Crippen LogP) is 2.78. The number of imidazole rings is 1. The van der Waals surface area contributed by atoms with Crippen LogP contribution in [0.2, 0.25) is 0 Å². The molecule has 2 aromatic rings. The van der Waals surface area contributed by atoms with Gasteiger partial charge in [0, 0.05) is 10.6 Å². The molecule has 0 bridgehead atoms. The third-order valence-corrected chi connectivity index (χ3v) is 3.70. The van der Waals surface area contributed by atoms with Gasteiger partial charge in [-0.3, -0.25) is 9.20 Å². The van der Waals surface area contributed by atoms with E-state index in [1.807, 2.05) is 11.3 Å². The van der Waals surface area contributed by atoms with Crippen molar-refractivity contribution in [3.05, 3.63) is 22.0 Å². The van der Waals surface area contributed by atoms with Crippen LogP contribution in [0, 0.1) is 13.8 Å². The number of carbonyl (C=O) groups excluding carboxylic acids is 1. The monoisotopic (exact) mass is 222 g/mol. The molecular formula is C11H14N2OS. The number of aryl methyl sites for hydroxylation is 3. The summed E-state index contributed by atoms with van der Waals surface area (Å²) in [5.74, 6) is 0. The number of thiazole rings is 1. The van der Waals surface area contributed by atoms with Crippen LogP contribution in [0.25, 0.3) is 4.96 Å². The normalized spacial score (nSPS) is 11.1. The minimum Gasteiger partial charge on any atom is -0.296 e. The zero-order valence-corrected chi connectivity index (χ0v) is 10.0. The van der Waals surface area contributed by atoms with Gasteiger partial charge in [-0.15, -0.1) is 11.3 Å². The van der Waals surface area contributed by atoms with Crippen LogP contribution in [0.3, 0.4) is 0 Å². The zero-order chi connectivity index (χ0) is 11.0. The Labute approximate surface area is 92.8 Å². The maximum absolute atomic E-state index is 11.1. The quantitative estimate of drug-likeness (QED) is 0.748. The first-order valence-corrected chi connectivity index (χ1v) is 5.93. The molecule has 3 nitrogen and oxygen atoms in total. The van der Waals surface area contributed by atoms with Crippen molar-refractivity contribution in [2.45, 2.75) is 33.6 Å². The average Bonchev–Trinajstić information content (AvgIpc) is 2.66. The molecule has 0 aliphatic carbocycles. The van der Waals surface area contributed by atoms with E-state index in [-0.39, 0.29) is 0 Å². The maximum Gasteiger partial charge on any atom is 0.194 e. The van der Waals surface area contributed by atoms with E-state index in [9.17, 15) is 4.79 Å². The highest BCUT2D eigenvalue weighted by Crippen LogP contribution is 2.24. The fraction of sp³-hybridized carbons (Fsp3) is 0.455. The molecule has 0 unspecified atom stereocenters. The Morgan fingerprint density at radius 2 is 2.20 bits per heavy atom. The standard InChI is InChI=1S/C11H14N2OS/c1-4-5-9-10(6-14)13-7(2)8(3)15-11(13)12-9/h6H,4-5H2,1-3H3. The summed E-state index contributed by atoms with van der Waals surface area (Å²) in [6.07, 6.45) is 2.81. The number of nitrogens with zero attached hydrogens (tertiary/aromatic N) is 2. The fourth-order valence-electron chi connectivity index (χ4n) is 1.76. The molecule has 0 aliphatic rings. The highest BCUT2D eigenvalue weighted by atomic mass is 32.1. The van der Waals surface area contributed by atoms with E-state index in [1.54, 1.807) is 11.3 Å². The lowest BCUT2D eigenvalue weighted by atomic mass is 10.2. The van der Waals surface area contributed by atoms with E-state index in [2.05, 4.69) is 18.8 Å². The Morgan fingerprint density at radius 3 is 2.80 bits per heavy atom. The third-order valence-electron chi connectivity index (χ3n) is 2.65. The molecule has 0 atom stereocenters. The molecule has 2 rings (SSSR count). The van der Waals surface area contributed by atoms with Gasteiger partial charge in [0.1, 0.15) is 5.69 Å². The van der Waals surface area contributed by atoms with E-state index in [4.69, 9.17) is 0 Å². The molecule has 80 valence electrons. The summed E-state index contributed by atoms with van der Waals surface area (Å²) in [5, 5.41) is 0. The van der Waals surface area contributed by atoms with Gasteiger partial charge in [0.2, 0.25) is 0 Å². The molecule has 4 heteroatoms. The topological polar surface area (TPSA) is 34.4 Å². The largest absolute Gasteiger partial charge is 0.296 e. The van der Waals surface area contributed by atoms with Gasteiger partial charge in [0.15, 0.2) is 11.2 Å². The summed E-state index contributed by atoms with van der Waals surface area (Å²) in [7, 11) is 0. The molecule has 0 amide bonds. The Morgan fingerprint density at radius 1 is 1.47 bits per heavy atom. The number of rotatable bonds is 3. The van der Waals surface area contributed by atoms with Crippen molar-refractivity contribution in [1.29, 1.82) is 0 Å². The van der Waals surface area contributed by atoms with Crippen LogP contribution in [0.4, 0.5) is 0 Å². The Bertz CT molecular complexity index is 510. The van der Waals surface area contributed by atoms with E-state index in [0.29, 0.717) is 0 Å². The average molecular weight is 222 g/mol. The first-order chi connectivity index (χ1) is 7.19. The van der Waals surface area contributed by atoms with Crippen molar-refractivity contribution in [2.24, 2.45) is 0 Å². The lowest BCUT2D eigenvalue weighted by molar-refractivity contribution is 0.111. The third kappa shape index (κ3) is 1.49. The summed E-state index contributed by atoms with van der Waals surface area (Å²) in [6, 6.07) is 0. The molecule has 2 aromatic heterocycles. The van der Waals surface area contributed by atoms with Crippen molar-refractivity contribution in [3.8, 4) is 0 Å². The van der Waals surface area contributed by atoms with Gasteiger partial charge in [0.25, 0.3) is 0 Å². The second-order valence-corrected chi connectivity index (χ2v) is 4.85. The lowest BCUT2D eigenvalue weighted by Gasteiger charge is -1.96. The molecule has 0 spiro atoms. The van der Waals surface area contributed by atoms with Crippen LogP contribution >= 0.6 is 11.3 Å². The summed E-state index contributed by atoms with van der Waals surface area (Å²) in [6.45, 7) is 6.19. The number of hydrogen-bond acceptors (Lipinski definition) is 3. The van der Waals surface area contributed by atoms with Crippen molar-refractivity contribution in [2.75, 3.05) is 0 Å². The molecule has 0 radical (unpaired) electrons. The van der Waals surface area contributed by atoms with Crippen LogP contribution in [0.5, 0.6) is 0 Å². The molecule has 2 heterocycles. The summed E-state index contributed by atoms with van der Waals surface area (Å²) in [4.78, 5) is 17.8. The van der Waals surface area contributed by atoms with Crippen molar-refractivity contribution < 1.29 is 4.79 Å². The van der Waals surface area contributed by atoms with E-state index in [0.717, 1.165) is 41.2 Å². The minimum absolute atomic E-state index is 0.730. The van der Waals surface area contributed by atoms with Gasteiger partial charge in [-0.2, -0.15) is 0 Å². The molecule has 15 heavy (non-hydrogen) atoms. The summed E-state index contributed by atoms with van der Waals surface area (Å²) in [5.41, 5.74) is 2.79. The number of carbonyl (C=O) groups is 1. The number of hydrogen-bond donors (Lipinski definition) is 0. The minimum atomic E-state index is 0.730. The molecule has 0 aliphatic heterocycles. The first kappa shape index (κ1) is 10.4. The SMILES string of the molecule is CCCc1nc2sc(C)c(C)n2c1C=O. The van der Waals surface area contributed by atoms with Gasteiger partial charge in [0.05, 0.1) is 5.69 Å². The Hall–Kier alpha value is -1.16. The summed E-state index contributed by atoms with van der Waals surface area (Å²) >= 11 is 1.65. The van der Waals surface area contributed by atoms with Gasteiger partial charge < -0.3 is 0 Å². The van der Waals surface area contributed by atoms with Crippen LogP contribution in [-0.2, 0) is 6.42 Å². The van der Waals surface area contributed by atoms with Crippen LogP contribution in [0.15, 0.2) is 0 Å². The lowest BCUT2D eigenvalue weighted by Crippen LogP contribution is -1.96. The van der Waals surface area contributed by atoms with Gasteiger partial charge in [-0.05, 0) is 20.3 Å². The predicted molar refractivity (Wildman–Crippen MR) is 61.9 cm³/mol. The van der Waals surface area contributed by atoms with Gasteiger partial charge >= 0.3 is 0 Å². The fourth-order valence-corrected chi connectivity index (χ4v) is 2.75. The highest BCUT2D eigenvalue weighted by Gasteiger charge is 2.15. The molecular weight excluding hydrogens is 208 g/mol. The van der Waals surface area contributed by atoms with Crippen LogP contribution in [0.1, 0.15) is 40.1 Å². The number of aldehydes is 1. The Balaban J connectivity index is 2.71. The molecule has 0 saturated carbocycles. The first-order valence-electron chi connectivity index (χ1n) is 5.11. The van der Waals surface area contributed by atoms with Gasteiger partial charge in [-0.25, -0.2) is 4.98 Å². The van der Waals surface area contributed by atoms with Crippen LogP contribution < -0.4 is 0 Å². The number of fused-ring (bicyclic) bond motifs is 1. The second-order valence-electron chi connectivity index (χ2n) is 3.67. The van der Waals surface area contributed by atoms with Crippen molar-refractivity contribution >= 4 is 22.6 Å².